The average molecular weight is 485 g/mol. The predicted molar refractivity (Wildman–Crippen MR) is 116 cm³/mol. The molecule has 0 amide bonds. The molecule has 1 heterocycles. The fourth-order valence-corrected chi connectivity index (χ4v) is 4.20. The molecule has 0 saturated carbocycles. The maximum Gasteiger partial charge on any atom is 0.350 e. The standard InChI is InChI=1S/C20H18Cl2N2O6S/c1-11-4-6-12(7-5-11)31(27,28)24-17-9-16(14(21)8-15(17)22)23-10-13-18(25)29-20(2,3)30-19(13)26/h4-10,23-24H,1-3H3. The highest BCUT2D eigenvalue weighted by Gasteiger charge is 2.39. The third kappa shape index (κ3) is 5.30. The lowest BCUT2D eigenvalue weighted by molar-refractivity contribution is -0.222. The van der Waals surface area contributed by atoms with E-state index in [-0.39, 0.29) is 31.9 Å². The first-order chi connectivity index (χ1) is 14.4. The van der Waals surface area contributed by atoms with Crippen molar-refractivity contribution in [1.82, 2.24) is 0 Å². The largest absolute Gasteiger partial charge is 0.419 e. The van der Waals surface area contributed by atoms with Crippen molar-refractivity contribution in [2.75, 3.05) is 10.0 Å². The topological polar surface area (TPSA) is 111 Å². The fraction of sp³-hybridized carbons (Fsp3) is 0.200. The molecule has 164 valence electrons. The number of cyclic esters (lactones) is 2. The zero-order valence-corrected chi connectivity index (χ0v) is 19.0. The molecule has 1 aliphatic rings. The molecule has 0 aliphatic carbocycles. The van der Waals surface area contributed by atoms with Crippen molar-refractivity contribution in [3.63, 3.8) is 0 Å². The summed E-state index contributed by atoms with van der Waals surface area (Å²) in [7, 11) is -3.92. The summed E-state index contributed by atoms with van der Waals surface area (Å²) in [4.78, 5) is 24.1. The Morgan fingerprint density at radius 1 is 0.935 bits per heavy atom. The fourth-order valence-electron chi connectivity index (χ4n) is 2.59. The monoisotopic (exact) mass is 484 g/mol. The molecule has 2 aromatic carbocycles. The van der Waals surface area contributed by atoms with E-state index in [1.165, 1.54) is 38.1 Å². The van der Waals surface area contributed by atoms with Crippen LogP contribution in [0, 0.1) is 6.92 Å². The van der Waals surface area contributed by atoms with Crippen molar-refractivity contribution in [3.8, 4) is 0 Å². The van der Waals surface area contributed by atoms with Crippen molar-refractivity contribution in [2.24, 2.45) is 0 Å². The molecule has 0 unspecified atom stereocenters. The summed E-state index contributed by atoms with van der Waals surface area (Å²) in [5, 5.41) is 2.86. The van der Waals surface area contributed by atoms with Gasteiger partial charge in [-0.3, -0.25) is 4.72 Å². The van der Waals surface area contributed by atoms with Gasteiger partial charge in [-0.1, -0.05) is 40.9 Å². The Kier molecular flexibility index (Phi) is 6.22. The van der Waals surface area contributed by atoms with Gasteiger partial charge in [0.1, 0.15) is 0 Å². The second kappa shape index (κ2) is 8.41. The van der Waals surface area contributed by atoms with Gasteiger partial charge in [-0.05, 0) is 31.2 Å². The second-order valence-electron chi connectivity index (χ2n) is 7.11. The van der Waals surface area contributed by atoms with E-state index in [4.69, 9.17) is 32.7 Å². The molecule has 0 spiro atoms. The molecule has 1 aliphatic heterocycles. The van der Waals surface area contributed by atoms with Crippen LogP contribution in [0.5, 0.6) is 0 Å². The van der Waals surface area contributed by atoms with Crippen LogP contribution in [-0.2, 0) is 29.1 Å². The van der Waals surface area contributed by atoms with Crippen molar-refractivity contribution in [2.45, 2.75) is 31.5 Å². The highest BCUT2D eigenvalue weighted by Crippen LogP contribution is 2.34. The SMILES string of the molecule is Cc1ccc(S(=O)(=O)Nc2cc(NC=C3C(=O)OC(C)(C)OC3=O)c(Cl)cc2Cl)cc1. The quantitative estimate of drug-likeness (QED) is 0.370. The molecule has 0 bridgehead atoms. The van der Waals surface area contributed by atoms with Gasteiger partial charge in [-0.25, -0.2) is 18.0 Å². The van der Waals surface area contributed by atoms with Gasteiger partial charge >= 0.3 is 11.9 Å². The number of benzene rings is 2. The first-order valence-electron chi connectivity index (χ1n) is 8.90. The van der Waals surface area contributed by atoms with Gasteiger partial charge in [0.15, 0.2) is 5.57 Å². The van der Waals surface area contributed by atoms with E-state index in [0.29, 0.717) is 0 Å². The Hall–Kier alpha value is -2.75. The summed E-state index contributed by atoms with van der Waals surface area (Å²) in [6.45, 7) is 4.69. The highest BCUT2D eigenvalue weighted by molar-refractivity contribution is 7.92. The number of carbonyl (C=O) groups excluding carboxylic acids is 2. The van der Waals surface area contributed by atoms with Crippen LogP contribution < -0.4 is 10.0 Å². The number of aryl methyl sites for hydroxylation is 1. The maximum atomic E-state index is 12.7. The smallest absolute Gasteiger partial charge is 0.350 e. The summed E-state index contributed by atoms with van der Waals surface area (Å²) in [6, 6.07) is 8.91. The number of halogens is 2. The molecular formula is C20H18Cl2N2O6S. The Balaban J connectivity index is 1.87. The number of anilines is 2. The van der Waals surface area contributed by atoms with Crippen LogP contribution in [0.1, 0.15) is 19.4 Å². The maximum absolute atomic E-state index is 12.7. The number of nitrogens with one attached hydrogen (secondary N) is 2. The molecule has 1 fully saturated rings. The van der Waals surface area contributed by atoms with Crippen LogP contribution in [-0.4, -0.2) is 26.1 Å². The molecular weight excluding hydrogens is 467 g/mol. The summed E-state index contributed by atoms with van der Waals surface area (Å²) < 4.78 is 37.7. The van der Waals surface area contributed by atoms with Crippen molar-refractivity contribution in [3.05, 3.63) is 63.8 Å². The summed E-state index contributed by atoms with van der Waals surface area (Å²) >= 11 is 12.3. The molecule has 31 heavy (non-hydrogen) atoms. The molecule has 0 atom stereocenters. The number of hydrogen-bond donors (Lipinski definition) is 2. The van der Waals surface area contributed by atoms with Gasteiger partial charge in [-0.15, -0.1) is 0 Å². The Bertz CT molecular complexity index is 1170. The highest BCUT2D eigenvalue weighted by atomic mass is 35.5. The number of rotatable bonds is 5. The molecule has 2 aromatic rings. The van der Waals surface area contributed by atoms with Gasteiger partial charge in [-0.2, -0.15) is 0 Å². The minimum Gasteiger partial charge on any atom is -0.419 e. The van der Waals surface area contributed by atoms with E-state index >= 15 is 0 Å². The molecule has 8 nitrogen and oxygen atoms in total. The number of hydrogen-bond acceptors (Lipinski definition) is 7. The van der Waals surface area contributed by atoms with Crippen molar-refractivity contribution < 1.29 is 27.5 Å². The Morgan fingerprint density at radius 2 is 1.48 bits per heavy atom. The Morgan fingerprint density at radius 3 is 2.06 bits per heavy atom. The number of esters is 2. The van der Waals surface area contributed by atoms with Gasteiger partial charge in [0.25, 0.3) is 15.8 Å². The van der Waals surface area contributed by atoms with Crippen LogP contribution in [0.15, 0.2) is 53.1 Å². The van der Waals surface area contributed by atoms with E-state index in [9.17, 15) is 18.0 Å². The number of carbonyl (C=O) groups is 2. The third-order valence-corrected chi connectivity index (χ3v) is 6.13. The molecule has 2 N–H and O–H groups in total. The first kappa shape index (κ1) is 22.9. The third-order valence-electron chi connectivity index (χ3n) is 4.12. The van der Waals surface area contributed by atoms with E-state index < -0.39 is 27.7 Å². The summed E-state index contributed by atoms with van der Waals surface area (Å²) in [5.74, 6) is -3.12. The van der Waals surface area contributed by atoms with Crippen LogP contribution in [0.2, 0.25) is 10.0 Å². The van der Waals surface area contributed by atoms with E-state index in [1.54, 1.807) is 12.1 Å². The molecule has 1 saturated heterocycles. The van der Waals surface area contributed by atoms with Crippen LogP contribution in [0.4, 0.5) is 11.4 Å². The lowest BCUT2D eigenvalue weighted by Gasteiger charge is -2.29. The van der Waals surface area contributed by atoms with E-state index in [2.05, 4.69) is 10.0 Å². The predicted octanol–water partition coefficient (Wildman–Crippen LogP) is 4.23. The van der Waals surface area contributed by atoms with Gasteiger partial charge in [0, 0.05) is 20.0 Å². The first-order valence-corrected chi connectivity index (χ1v) is 11.1. The van der Waals surface area contributed by atoms with Crippen molar-refractivity contribution >= 4 is 56.5 Å². The number of sulfonamides is 1. The average Bonchev–Trinajstić information content (AvgIpc) is 2.63. The van der Waals surface area contributed by atoms with E-state index in [1.807, 2.05) is 6.92 Å². The lowest BCUT2D eigenvalue weighted by Crippen LogP contribution is -2.42. The summed E-state index contributed by atoms with van der Waals surface area (Å²) in [5.41, 5.74) is 0.756. The normalized spacial score (nSPS) is 15.7. The zero-order chi connectivity index (χ0) is 23.0. The minimum absolute atomic E-state index is 0.0440. The van der Waals surface area contributed by atoms with E-state index in [0.717, 1.165) is 11.8 Å². The van der Waals surface area contributed by atoms with Gasteiger partial charge < -0.3 is 14.8 Å². The van der Waals surface area contributed by atoms with Crippen LogP contribution in [0.3, 0.4) is 0 Å². The zero-order valence-electron chi connectivity index (χ0n) is 16.7. The molecule has 0 radical (unpaired) electrons. The van der Waals surface area contributed by atoms with Gasteiger partial charge in [0.2, 0.25) is 0 Å². The minimum atomic E-state index is -3.92. The lowest BCUT2D eigenvalue weighted by atomic mass is 10.2. The summed E-state index contributed by atoms with van der Waals surface area (Å²) in [6.07, 6.45) is 1.06. The van der Waals surface area contributed by atoms with Crippen molar-refractivity contribution in [1.29, 1.82) is 0 Å². The Labute approximate surface area is 189 Å². The van der Waals surface area contributed by atoms with Crippen LogP contribution in [0.25, 0.3) is 0 Å². The van der Waals surface area contributed by atoms with Gasteiger partial charge in [0.05, 0.1) is 26.3 Å². The molecule has 3 rings (SSSR count). The molecule has 0 aromatic heterocycles. The van der Waals surface area contributed by atoms with Crippen LogP contribution >= 0.6 is 23.2 Å². The molecule has 11 heteroatoms. The second-order valence-corrected chi connectivity index (χ2v) is 9.61. The number of ether oxygens (including phenoxy) is 2.